The van der Waals surface area contributed by atoms with Crippen LogP contribution in [0.5, 0.6) is 0 Å². The van der Waals surface area contributed by atoms with Crippen LogP contribution in [0.1, 0.15) is 31.7 Å². The van der Waals surface area contributed by atoms with Gasteiger partial charge in [-0.25, -0.2) is 8.42 Å². The molecule has 3 saturated carbocycles. The Morgan fingerprint density at radius 3 is 2.70 bits per heavy atom. The first-order valence-corrected chi connectivity index (χ1v) is 9.76. The minimum atomic E-state index is -3.63. The fourth-order valence-electron chi connectivity index (χ4n) is 5.13. The van der Waals surface area contributed by atoms with Crippen molar-refractivity contribution in [2.24, 2.45) is 17.3 Å². The molecule has 2 heterocycles. The van der Waals surface area contributed by atoms with Gasteiger partial charge in [0.05, 0.1) is 11.5 Å². The van der Waals surface area contributed by atoms with Crippen LogP contribution in [-0.2, 0) is 19.6 Å². The summed E-state index contributed by atoms with van der Waals surface area (Å²) in [5, 5.41) is 0. The Labute approximate surface area is 136 Å². The molecule has 6 rings (SSSR count). The zero-order chi connectivity index (χ0) is 16.0. The Hall–Kier alpha value is -0.950. The fourth-order valence-corrected chi connectivity index (χ4v) is 6.64. The number of nitrogens with zero attached hydrogens (tertiary/aromatic N) is 1. The molecular formula is C17H21NO4S. The van der Waals surface area contributed by atoms with Crippen molar-refractivity contribution in [3.05, 3.63) is 29.8 Å². The van der Waals surface area contributed by atoms with Crippen LogP contribution in [0.25, 0.3) is 0 Å². The molecule has 0 aromatic heterocycles. The number of hydrogen-bond donors (Lipinski definition) is 0. The van der Waals surface area contributed by atoms with Crippen LogP contribution in [0.2, 0.25) is 0 Å². The average molecular weight is 335 g/mol. The molecule has 2 saturated heterocycles. The number of hydrogen-bond acceptors (Lipinski definition) is 4. The monoisotopic (exact) mass is 335 g/mol. The molecule has 1 aromatic rings. The van der Waals surface area contributed by atoms with Crippen LogP contribution in [0.4, 0.5) is 0 Å². The first-order chi connectivity index (χ1) is 10.9. The maximum atomic E-state index is 13.0. The molecule has 6 atom stereocenters. The summed E-state index contributed by atoms with van der Waals surface area (Å²) in [7, 11) is -3.63. The molecule has 1 aromatic carbocycles. The van der Waals surface area contributed by atoms with Gasteiger partial charge in [0.1, 0.15) is 6.10 Å². The lowest BCUT2D eigenvalue weighted by Crippen LogP contribution is -2.58. The van der Waals surface area contributed by atoms with Gasteiger partial charge in [-0.1, -0.05) is 24.6 Å². The highest BCUT2D eigenvalue weighted by molar-refractivity contribution is 7.89. The van der Waals surface area contributed by atoms with E-state index in [1.807, 2.05) is 19.1 Å². The summed E-state index contributed by atoms with van der Waals surface area (Å²) in [4.78, 5) is 6.14. The van der Waals surface area contributed by atoms with Crippen molar-refractivity contribution >= 4 is 10.0 Å². The van der Waals surface area contributed by atoms with Gasteiger partial charge in [0, 0.05) is 11.3 Å². The second kappa shape index (κ2) is 4.17. The Kier molecular flexibility index (Phi) is 2.61. The SMILES string of the molecule is Cc1ccc(S(=O)(=O)N2OC23C2CC[C@@]4(C)C(COC34)C2)cc1. The molecule has 2 aliphatic heterocycles. The molecular weight excluding hydrogens is 314 g/mol. The second-order valence-corrected chi connectivity index (χ2v) is 9.53. The molecule has 4 bridgehead atoms. The highest BCUT2D eigenvalue weighted by Crippen LogP contribution is 2.69. The molecule has 5 fully saturated rings. The van der Waals surface area contributed by atoms with E-state index in [0.717, 1.165) is 31.4 Å². The summed E-state index contributed by atoms with van der Waals surface area (Å²) in [6.45, 7) is 4.92. The van der Waals surface area contributed by atoms with Crippen molar-refractivity contribution in [1.82, 2.24) is 4.47 Å². The number of benzene rings is 1. The van der Waals surface area contributed by atoms with Gasteiger partial charge in [-0.15, -0.1) is 0 Å². The maximum Gasteiger partial charge on any atom is 0.268 e. The highest BCUT2D eigenvalue weighted by atomic mass is 32.2. The van der Waals surface area contributed by atoms with Gasteiger partial charge in [0.25, 0.3) is 10.0 Å². The van der Waals surface area contributed by atoms with Gasteiger partial charge in [-0.05, 0) is 48.7 Å². The smallest absolute Gasteiger partial charge is 0.268 e. The van der Waals surface area contributed by atoms with Gasteiger partial charge in [-0.3, -0.25) is 4.84 Å². The van der Waals surface area contributed by atoms with Gasteiger partial charge in [-0.2, -0.15) is 0 Å². The highest BCUT2D eigenvalue weighted by Gasteiger charge is 2.80. The number of hydroxylamine groups is 1. The zero-order valence-corrected chi connectivity index (χ0v) is 14.2. The molecule has 6 heteroatoms. The fraction of sp³-hybridized carbons (Fsp3) is 0.647. The summed E-state index contributed by atoms with van der Waals surface area (Å²) in [6, 6.07) is 6.95. The Balaban J connectivity index is 1.54. The number of sulfonamides is 1. The third-order valence-electron chi connectivity index (χ3n) is 6.58. The van der Waals surface area contributed by atoms with E-state index in [4.69, 9.17) is 9.57 Å². The van der Waals surface area contributed by atoms with Crippen molar-refractivity contribution in [2.45, 2.75) is 49.8 Å². The number of ether oxygens (including phenoxy) is 1. The zero-order valence-electron chi connectivity index (χ0n) is 13.4. The molecule has 0 radical (unpaired) electrons. The summed E-state index contributed by atoms with van der Waals surface area (Å²) in [6.07, 6.45) is 3.00. The van der Waals surface area contributed by atoms with Crippen molar-refractivity contribution in [3.63, 3.8) is 0 Å². The van der Waals surface area contributed by atoms with E-state index in [1.165, 1.54) is 4.47 Å². The Morgan fingerprint density at radius 2 is 1.96 bits per heavy atom. The van der Waals surface area contributed by atoms with Crippen molar-refractivity contribution in [3.8, 4) is 0 Å². The van der Waals surface area contributed by atoms with E-state index in [-0.39, 0.29) is 17.4 Å². The first kappa shape index (κ1) is 14.4. The van der Waals surface area contributed by atoms with E-state index in [1.54, 1.807) is 12.1 Å². The standard InChI is InChI=1S/C17H21NO4S/c1-11-3-5-14(6-4-11)23(19,20)18-17(22-18)12-7-8-16(2)13(9-12)10-21-15(16)17/h3-6,12-13,15H,7-10H2,1-2H3/t12?,13?,15?,16-,17?,18?/m0/s1. The molecule has 3 aliphatic carbocycles. The minimum absolute atomic E-state index is 0.0479. The van der Waals surface area contributed by atoms with Crippen molar-refractivity contribution in [1.29, 1.82) is 0 Å². The van der Waals surface area contributed by atoms with Crippen molar-refractivity contribution < 1.29 is 18.0 Å². The normalized spacial score (nSPS) is 47.2. The molecule has 0 N–H and O–H groups in total. The topological polar surface area (TPSA) is 58.9 Å². The van der Waals surface area contributed by atoms with Gasteiger partial charge >= 0.3 is 0 Å². The lowest BCUT2D eigenvalue weighted by Gasteiger charge is -2.51. The molecule has 124 valence electrons. The Morgan fingerprint density at radius 1 is 1.22 bits per heavy atom. The van der Waals surface area contributed by atoms with Gasteiger partial charge < -0.3 is 4.74 Å². The largest absolute Gasteiger partial charge is 0.373 e. The summed E-state index contributed by atoms with van der Waals surface area (Å²) in [5.74, 6) is 0.798. The predicted molar refractivity (Wildman–Crippen MR) is 82.7 cm³/mol. The summed E-state index contributed by atoms with van der Waals surface area (Å²) >= 11 is 0. The van der Waals surface area contributed by atoms with Crippen LogP contribution < -0.4 is 0 Å². The van der Waals surface area contributed by atoms with Crippen LogP contribution >= 0.6 is 0 Å². The van der Waals surface area contributed by atoms with E-state index in [9.17, 15) is 8.42 Å². The van der Waals surface area contributed by atoms with Crippen LogP contribution in [0.3, 0.4) is 0 Å². The third-order valence-corrected chi connectivity index (χ3v) is 8.24. The number of fused-ring (bicyclic) bond motifs is 1. The van der Waals surface area contributed by atoms with E-state index >= 15 is 0 Å². The molecule has 5 aliphatic rings. The molecule has 1 spiro atoms. The molecule has 23 heavy (non-hydrogen) atoms. The summed E-state index contributed by atoms with van der Waals surface area (Å²) in [5.41, 5.74) is 0.326. The minimum Gasteiger partial charge on any atom is -0.373 e. The quantitative estimate of drug-likeness (QED) is 0.779. The number of rotatable bonds is 2. The van der Waals surface area contributed by atoms with E-state index < -0.39 is 15.7 Å². The predicted octanol–water partition coefficient (Wildman–Crippen LogP) is 2.46. The average Bonchev–Trinajstić information content (AvgIpc) is 3.20. The van der Waals surface area contributed by atoms with Crippen LogP contribution in [0, 0.1) is 24.2 Å². The van der Waals surface area contributed by atoms with Gasteiger partial charge in [0.15, 0.2) is 0 Å². The lowest BCUT2D eigenvalue weighted by molar-refractivity contribution is -0.0977. The van der Waals surface area contributed by atoms with Crippen LogP contribution in [0.15, 0.2) is 29.2 Å². The second-order valence-electron chi connectivity index (χ2n) is 7.78. The van der Waals surface area contributed by atoms with Crippen LogP contribution in [-0.4, -0.2) is 31.3 Å². The van der Waals surface area contributed by atoms with E-state index in [2.05, 4.69) is 6.92 Å². The Bertz CT molecular complexity index is 776. The third kappa shape index (κ3) is 1.60. The van der Waals surface area contributed by atoms with Gasteiger partial charge in [0.2, 0.25) is 5.72 Å². The lowest BCUT2D eigenvalue weighted by atomic mass is 9.53. The number of aryl methyl sites for hydroxylation is 1. The van der Waals surface area contributed by atoms with E-state index in [0.29, 0.717) is 10.8 Å². The summed E-state index contributed by atoms with van der Waals surface area (Å²) < 4.78 is 33.3. The maximum absolute atomic E-state index is 13.0. The molecule has 0 amide bonds. The van der Waals surface area contributed by atoms with Crippen molar-refractivity contribution in [2.75, 3.05) is 6.61 Å². The molecule has 5 nitrogen and oxygen atoms in total. The first-order valence-electron chi connectivity index (χ1n) is 8.32. The molecule has 5 unspecified atom stereocenters.